The van der Waals surface area contributed by atoms with Crippen molar-refractivity contribution in [3.8, 4) is 11.3 Å². The van der Waals surface area contributed by atoms with Gasteiger partial charge in [0, 0.05) is 5.56 Å². The van der Waals surface area contributed by atoms with Crippen LogP contribution in [-0.2, 0) is 6.42 Å². The Labute approximate surface area is 91.0 Å². The van der Waals surface area contributed by atoms with E-state index in [4.69, 9.17) is 4.42 Å². The van der Waals surface area contributed by atoms with E-state index >= 15 is 0 Å². The molecular formula is C13H17NO. The topological polar surface area (TPSA) is 26.0 Å². The molecule has 2 aromatic rings. The van der Waals surface area contributed by atoms with Gasteiger partial charge in [0.05, 0.1) is 5.69 Å². The fraction of sp³-hybridized carbons (Fsp3) is 0.308. The second-order valence-corrected chi connectivity index (χ2v) is 2.85. The van der Waals surface area contributed by atoms with E-state index < -0.39 is 0 Å². The van der Waals surface area contributed by atoms with Crippen molar-refractivity contribution in [3.05, 3.63) is 42.4 Å². The number of hydrogen-bond donors (Lipinski definition) is 0. The fourth-order valence-corrected chi connectivity index (χ4v) is 1.35. The summed E-state index contributed by atoms with van der Waals surface area (Å²) in [7, 11) is 0. The van der Waals surface area contributed by atoms with Gasteiger partial charge in [0.1, 0.15) is 0 Å². The van der Waals surface area contributed by atoms with Crippen LogP contribution < -0.4 is 0 Å². The number of benzene rings is 1. The number of oxazole rings is 1. The highest BCUT2D eigenvalue weighted by Gasteiger charge is 2.07. The largest absolute Gasteiger partial charge is 0.443 e. The minimum Gasteiger partial charge on any atom is -0.443 e. The number of hydrogen-bond acceptors (Lipinski definition) is 2. The molecule has 0 radical (unpaired) electrons. The summed E-state index contributed by atoms with van der Waals surface area (Å²) in [6.07, 6.45) is 2.40. The van der Waals surface area contributed by atoms with Gasteiger partial charge in [0.2, 0.25) is 0 Å². The highest BCUT2D eigenvalue weighted by Crippen LogP contribution is 2.22. The van der Waals surface area contributed by atoms with Crippen molar-refractivity contribution in [1.29, 1.82) is 0 Å². The zero-order chi connectivity index (χ0) is 11.1. The van der Waals surface area contributed by atoms with Crippen molar-refractivity contribution in [2.75, 3.05) is 0 Å². The average molecular weight is 203 g/mol. The molecule has 80 valence electrons. The normalized spacial score (nSPS) is 9.27. The molecule has 0 aliphatic heterocycles. The lowest BCUT2D eigenvalue weighted by atomic mass is 10.1. The maximum Gasteiger partial charge on any atom is 0.181 e. The molecule has 1 aromatic carbocycles. The van der Waals surface area contributed by atoms with Gasteiger partial charge in [-0.05, 0) is 6.42 Å². The molecule has 0 atom stereocenters. The van der Waals surface area contributed by atoms with Crippen LogP contribution >= 0.6 is 0 Å². The predicted octanol–water partition coefficient (Wildman–Crippen LogP) is 3.93. The van der Waals surface area contributed by atoms with Crippen LogP contribution in [0.2, 0.25) is 0 Å². The highest BCUT2D eigenvalue weighted by atomic mass is 16.3. The van der Waals surface area contributed by atoms with Crippen molar-refractivity contribution in [2.45, 2.75) is 27.2 Å². The van der Waals surface area contributed by atoms with Crippen LogP contribution in [0, 0.1) is 0 Å². The Morgan fingerprint density at radius 2 is 1.80 bits per heavy atom. The minimum atomic E-state index is 0.892. The maximum absolute atomic E-state index is 5.33. The third-order valence-corrected chi connectivity index (χ3v) is 2.01. The molecular weight excluding hydrogens is 186 g/mol. The van der Waals surface area contributed by atoms with Crippen LogP contribution in [0.4, 0.5) is 0 Å². The van der Waals surface area contributed by atoms with E-state index in [1.54, 1.807) is 0 Å². The van der Waals surface area contributed by atoms with Gasteiger partial charge in [-0.25, -0.2) is 4.98 Å². The molecule has 2 nitrogen and oxygen atoms in total. The molecule has 1 aromatic heterocycles. The summed E-state index contributed by atoms with van der Waals surface area (Å²) in [5.74, 6) is 0.892. The van der Waals surface area contributed by atoms with Crippen molar-refractivity contribution in [1.82, 2.24) is 4.98 Å². The number of nitrogens with zero attached hydrogens (tertiary/aromatic N) is 1. The van der Waals surface area contributed by atoms with Gasteiger partial charge in [-0.15, -0.1) is 0 Å². The smallest absolute Gasteiger partial charge is 0.181 e. The summed E-state index contributed by atoms with van der Waals surface area (Å²) in [4.78, 5) is 4.14. The molecule has 0 aliphatic rings. The molecule has 0 spiro atoms. The lowest BCUT2D eigenvalue weighted by Gasteiger charge is -1.97. The van der Waals surface area contributed by atoms with E-state index in [1.807, 2.05) is 44.2 Å². The van der Waals surface area contributed by atoms with Crippen molar-refractivity contribution < 1.29 is 4.42 Å². The van der Waals surface area contributed by atoms with Gasteiger partial charge in [-0.2, -0.15) is 0 Å². The van der Waals surface area contributed by atoms with Gasteiger partial charge in [-0.3, -0.25) is 0 Å². The molecule has 15 heavy (non-hydrogen) atoms. The summed E-state index contributed by atoms with van der Waals surface area (Å²) in [6, 6.07) is 10.0. The van der Waals surface area contributed by atoms with Crippen LogP contribution in [0.15, 0.2) is 41.1 Å². The molecule has 0 saturated carbocycles. The molecule has 0 fully saturated rings. The van der Waals surface area contributed by atoms with E-state index in [0.717, 1.165) is 23.4 Å². The predicted molar refractivity (Wildman–Crippen MR) is 62.7 cm³/mol. The molecule has 0 saturated heterocycles. The molecule has 0 amide bonds. The quantitative estimate of drug-likeness (QED) is 0.739. The molecule has 2 rings (SSSR count). The van der Waals surface area contributed by atoms with Gasteiger partial charge in [0.25, 0.3) is 0 Å². The van der Waals surface area contributed by atoms with E-state index in [9.17, 15) is 0 Å². The Kier molecular flexibility index (Phi) is 4.61. The Bertz CT molecular complexity index is 378. The van der Waals surface area contributed by atoms with Gasteiger partial charge in [-0.1, -0.05) is 51.1 Å². The Morgan fingerprint density at radius 3 is 2.40 bits per heavy atom. The van der Waals surface area contributed by atoms with Crippen LogP contribution in [0.3, 0.4) is 0 Å². The third-order valence-electron chi connectivity index (χ3n) is 2.01. The van der Waals surface area contributed by atoms with E-state index in [0.29, 0.717) is 0 Å². The van der Waals surface area contributed by atoms with E-state index in [1.165, 1.54) is 6.39 Å². The van der Waals surface area contributed by atoms with E-state index in [-0.39, 0.29) is 0 Å². The van der Waals surface area contributed by atoms with E-state index in [2.05, 4.69) is 11.9 Å². The lowest BCUT2D eigenvalue weighted by Crippen LogP contribution is -1.83. The van der Waals surface area contributed by atoms with Crippen LogP contribution in [0.1, 0.15) is 26.5 Å². The van der Waals surface area contributed by atoms with Gasteiger partial charge in [0.15, 0.2) is 12.2 Å². The summed E-state index contributed by atoms with van der Waals surface area (Å²) < 4.78 is 5.33. The van der Waals surface area contributed by atoms with Crippen LogP contribution in [0.25, 0.3) is 11.3 Å². The van der Waals surface area contributed by atoms with Crippen LogP contribution in [0.5, 0.6) is 0 Å². The highest BCUT2D eigenvalue weighted by molar-refractivity contribution is 5.59. The molecule has 1 heterocycles. The molecule has 2 heteroatoms. The third kappa shape index (κ3) is 2.69. The Morgan fingerprint density at radius 1 is 1.13 bits per heavy atom. The first kappa shape index (κ1) is 11.5. The maximum atomic E-state index is 5.33. The van der Waals surface area contributed by atoms with Crippen molar-refractivity contribution >= 4 is 0 Å². The Hall–Kier alpha value is -1.57. The SMILES string of the molecule is CC.CCc1ncoc1-c1ccccc1. The van der Waals surface area contributed by atoms with Crippen LogP contribution in [-0.4, -0.2) is 4.98 Å². The standard InChI is InChI=1S/C11H11NO.C2H6/c1-2-10-11(13-8-12-10)9-6-4-3-5-7-9;1-2/h3-8H,2H2,1H3;1-2H3. The number of aromatic nitrogens is 1. The Balaban J connectivity index is 0.000000531. The zero-order valence-electron chi connectivity index (χ0n) is 9.53. The first-order valence-electron chi connectivity index (χ1n) is 5.39. The number of rotatable bonds is 2. The fourth-order valence-electron chi connectivity index (χ4n) is 1.35. The lowest BCUT2D eigenvalue weighted by molar-refractivity contribution is 0.571. The van der Waals surface area contributed by atoms with Gasteiger partial charge < -0.3 is 4.42 Å². The first-order chi connectivity index (χ1) is 7.42. The summed E-state index contributed by atoms with van der Waals surface area (Å²) in [5.41, 5.74) is 2.11. The summed E-state index contributed by atoms with van der Waals surface area (Å²) >= 11 is 0. The average Bonchev–Trinajstić information content (AvgIpc) is 2.81. The molecule has 0 aliphatic carbocycles. The second kappa shape index (κ2) is 6.02. The zero-order valence-corrected chi connectivity index (χ0v) is 9.53. The van der Waals surface area contributed by atoms with Crippen molar-refractivity contribution in [3.63, 3.8) is 0 Å². The number of aryl methyl sites for hydroxylation is 1. The summed E-state index contributed by atoms with van der Waals surface area (Å²) in [5, 5.41) is 0. The minimum absolute atomic E-state index is 0.892. The van der Waals surface area contributed by atoms with Gasteiger partial charge >= 0.3 is 0 Å². The second-order valence-electron chi connectivity index (χ2n) is 2.85. The van der Waals surface area contributed by atoms with Crippen molar-refractivity contribution in [2.24, 2.45) is 0 Å². The molecule has 0 unspecified atom stereocenters. The molecule has 0 bridgehead atoms. The summed E-state index contributed by atoms with van der Waals surface area (Å²) in [6.45, 7) is 6.07. The monoisotopic (exact) mass is 203 g/mol. The first-order valence-corrected chi connectivity index (χ1v) is 5.39. The molecule has 0 N–H and O–H groups in total.